The lowest BCUT2D eigenvalue weighted by Gasteiger charge is -2.17. The van der Waals surface area contributed by atoms with Gasteiger partial charge in [0.15, 0.2) is 5.65 Å². The second kappa shape index (κ2) is 7.00. The van der Waals surface area contributed by atoms with Crippen LogP contribution in [0.25, 0.3) is 16.7 Å². The fourth-order valence-electron chi connectivity index (χ4n) is 2.84. The number of fused-ring (bicyclic) bond motifs is 1. The van der Waals surface area contributed by atoms with Gasteiger partial charge in [0.1, 0.15) is 11.2 Å². The number of hydrogen-bond acceptors (Lipinski definition) is 5. The van der Waals surface area contributed by atoms with Gasteiger partial charge >= 0.3 is 0 Å². The Morgan fingerprint density at radius 3 is 2.59 bits per heavy atom. The molecule has 0 radical (unpaired) electrons. The maximum atomic E-state index is 13.1. The van der Waals surface area contributed by atoms with Crippen molar-refractivity contribution in [1.29, 1.82) is 0 Å². The number of benzene rings is 2. The number of H-pyrrole nitrogens is 1. The van der Waals surface area contributed by atoms with E-state index in [2.05, 4.69) is 20.4 Å². The standard InChI is InChI=1S/C19H16FN5O2/c20-13-8-6-12(7-9-13)16(11-26)22-19-23-17-15(18(27)24-19)10-21-25(17)14-4-2-1-3-5-14/h1-10,16,26H,11H2,(H2,22,23,24,27). The molecule has 2 aromatic carbocycles. The van der Waals surface area contributed by atoms with Crippen LogP contribution in [0.15, 0.2) is 65.6 Å². The molecule has 4 rings (SSSR count). The van der Waals surface area contributed by atoms with Crippen molar-refractivity contribution in [3.63, 3.8) is 0 Å². The molecule has 1 atom stereocenters. The minimum atomic E-state index is -0.556. The molecule has 2 heterocycles. The van der Waals surface area contributed by atoms with Crippen LogP contribution in [0, 0.1) is 5.82 Å². The molecule has 0 aliphatic rings. The highest BCUT2D eigenvalue weighted by Crippen LogP contribution is 2.19. The van der Waals surface area contributed by atoms with Gasteiger partial charge in [-0.25, -0.2) is 9.07 Å². The van der Waals surface area contributed by atoms with Crippen molar-refractivity contribution < 1.29 is 9.50 Å². The van der Waals surface area contributed by atoms with Crippen LogP contribution in [0.3, 0.4) is 0 Å². The Bertz CT molecular complexity index is 1120. The van der Waals surface area contributed by atoms with E-state index in [4.69, 9.17) is 0 Å². The number of hydrogen-bond donors (Lipinski definition) is 3. The number of aliphatic hydroxyl groups excluding tert-OH is 1. The van der Waals surface area contributed by atoms with Crippen molar-refractivity contribution in [2.75, 3.05) is 11.9 Å². The number of rotatable bonds is 5. The van der Waals surface area contributed by atoms with Crippen LogP contribution in [-0.4, -0.2) is 31.5 Å². The fourth-order valence-corrected chi connectivity index (χ4v) is 2.84. The highest BCUT2D eigenvalue weighted by atomic mass is 19.1. The van der Waals surface area contributed by atoms with Gasteiger partial charge in [0.2, 0.25) is 5.95 Å². The van der Waals surface area contributed by atoms with Crippen LogP contribution in [0.2, 0.25) is 0 Å². The highest BCUT2D eigenvalue weighted by Gasteiger charge is 2.15. The molecule has 0 spiro atoms. The van der Waals surface area contributed by atoms with E-state index in [1.807, 2.05) is 30.3 Å². The van der Waals surface area contributed by atoms with E-state index in [9.17, 15) is 14.3 Å². The first-order valence-electron chi connectivity index (χ1n) is 8.32. The average molecular weight is 365 g/mol. The Morgan fingerprint density at radius 2 is 1.89 bits per heavy atom. The minimum absolute atomic E-state index is 0.188. The van der Waals surface area contributed by atoms with Crippen molar-refractivity contribution in [3.05, 3.63) is 82.5 Å². The van der Waals surface area contributed by atoms with E-state index < -0.39 is 6.04 Å². The summed E-state index contributed by atoms with van der Waals surface area (Å²) in [6.45, 7) is -0.259. The van der Waals surface area contributed by atoms with Crippen LogP contribution < -0.4 is 10.9 Å². The molecule has 2 aromatic heterocycles. The summed E-state index contributed by atoms with van der Waals surface area (Å²) >= 11 is 0. The second-order valence-corrected chi connectivity index (χ2v) is 5.97. The first-order chi connectivity index (χ1) is 13.2. The summed E-state index contributed by atoms with van der Waals surface area (Å²) in [5, 5.41) is 17.3. The Labute approximate surface area is 153 Å². The lowest BCUT2D eigenvalue weighted by atomic mass is 10.1. The van der Waals surface area contributed by atoms with Crippen molar-refractivity contribution in [2.24, 2.45) is 0 Å². The maximum Gasteiger partial charge on any atom is 0.263 e. The van der Waals surface area contributed by atoms with Gasteiger partial charge in [0.25, 0.3) is 5.56 Å². The van der Waals surface area contributed by atoms with Crippen molar-refractivity contribution in [3.8, 4) is 5.69 Å². The molecule has 4 aromatic rings. The topological polar surface area (TPSA) is 95.8 Å². The normalized spacial score (nSPS) is 12.2. The molecule has 0 amide bonds. The van der Waals surface area contributed by atoms with Crippen molar-refractivity contribution >= 4 is 17.0 Å². The van der Waals surface area contributed by atoms with Gasteiger partial charge in [0.05, 0.1) is 24.5 Å². The zero-order chi connectivity index (χ0) is 18.8. The van der Waals surface area contributed by atoms with Gasteiger partial charge < -0.3 is 10.4 Å². The van der Waals surface area contributed by atoms with Gasteiger partial charge in [-0.3, -0.25) is 9.78 Å². The number of para-hydroxylation sites is 1. The van der Waals surface area contributed by atoms with E-state index >= 15 is 0 Å². The summed E-state index contributed by atoms with van der Waals surface area (Å²) < 4.78 is 14.7. The Morgan fingerprint density at radius 1 is 1.15 bits per heavy atom. The van der Waals surface area contributed by atoms with Gasteiger partial charge in [-0.1, -0.05) is 30.3 Å². The first kappa shape index (κ1) is 16.9. The number of nitrogens with one attached hydrogen (secondary N) is 2. The van der Waals surface area contributed by atoms with Crippen LogP contribution in [0.5, 0.6) is 0 Å². The summed E-state index contributed by atoms with van der Waals surface area (Å²) in [4.78, 5) is 19.5. The Hall–Kier alpha value is -3.52. The minimum Gasteiger partial charge on any atom is -0.394 e. The molecule has 0 aliphatic heterocycles. The number of nitrogens with zero attached hydrogens (tertiary/aromatic N) is 3. The molecule has 8 heteroatoms. The van der Waals surface area contributed by atoms with E-state index in [0.29, 0.717) is 16.6 Å². The van der Waals surface area contributed by atoms with Crippen LogP contribution in [0.1, 0.15) is 11.6 Å². The summed E-state index contributed by atoms with van der Waals surface area (Å²) in [7, 11) is 0. The summed E-state index contributed by atoms with van der Waals surface area (Å²) in [5.41, 5.74) is 1.48. The predicted octanol–water partition coefficient (Wildman–Crippen LogP) is 2.39. The Kier molecular flexibility index (Phi) is 4.39. The molecule has 0 saturated carbocycles. The molecule has 0 aliphatic carbocycles. The average Bonchev–Trinajstić information content (AvgIpc) is 3.12. The van der Waals surface area contributed by atoms with Crippen molar-refractivity contribution in [2.45, 2.75) is 6.04 Å². The van der Waals surface area contributed by atoms with E-state index in [1.165, 1.54) is 18.3 Å². The summed E-state index contributed by atoms with van der Waals surface area (Å²) in [6, 6.07) is 14.5. The highest BCUT2D eigenvalue weighted by molar-refractivity contribution is 5.76. The molecule has 27 heavy (non-hydrogen) atoms. The monoisotopic (exact) mass is 365 g/mol. The third-order valence-corrected chi connectivity index (χ3v) is 4.20. The van der Waals surface area contributed by atoms with Gasteiger partial charge in [-0.15, -0.1) is 0 Å². The predicted molar refractivity (Wildman–Crippen MR) is 99.3 cm³/mol. The van der Waals surface area contributed by atoms with E-state index in [-0.39, 0.29) is 23.9 Å². The van der Waals surface area contributed by atoms with Crippen LogP contribution in [0.4, 0.5) is 10.3 Å². The molecular weight excluding hydrogens is 349 g/mol. The Balaban J connectivity index is 1.74. The molecular formula is C19H16FN5O2. The third kappa shape index (κ3) is 3.30. The summed E-state index contributed by atoms with van der Waals surface area (Å²) in [5.74, 6) is -0.177. The zero-order valence-corrected chi connectivity index (χ0v) is 14.1. The van der Waals surface area contributed by atoms with Gasteiger partial charge in [-0.2, -0.15) is 10.1 Å². The quantitative estimate of drug-likeness (QED) is 0.505. The lowest BCUT2D eigenvalue weighted by molar-refractivity contribution is 0.276. The SMILES string of the molecule is O=c1[nH]c(NC(CO)c2ccc(F)cc2)nc2c1cnn2-c1ccccc1. The van der Waals surface area contributed by atoms with E-state index in [1.54, 1.807) is 16.8 Å². The van der Waals surface area contributed by atoms with Crippen LogP contribution in [-0.2, 0) is 0 Å². The number of aromatic nitrogens is 4. The second-order valence-electron chi connectivity index (χ2n) is 5.97. The van der Waals surface area contributed by atoms with E-state index in [0.717, 1.165) is 5.69 Å². The molecule has 0 saturated heterocycles. The number of aromatic amines is 1. The van der Waals surface area contributed by atoms with Crippen LogP contribution >= 0.6 is 0 Å². The number of anilines is 1. The number of halogens is 1. The van der Waals surface area contributed by atoms with Gasteiger partial charge in [0, 0.05) is 0 Å². The molecule has 7 nitrogen and oxygen atoms in total. The van der Waals surface area contributed by atoms with Gasteiger partial charge in [-0.05, 0) is 29.8 Å². The molecule has 0 bridgehead atoms. The molecule has 136 valence electrons. The summed E-state index contributed by atoms with van der Waals surface area (Å²) in [6.07, 6.45) is 1.46. The first-order valence-corrected chi connectivity index (χ1v) is 8.32. The third-order valence-electron chi connectivity index (χ3n) is 4.20. The number of aliphatic hydroxyl groups is 1. The molecule has 0 fully saturated rings. The zero-order valence-electron chi connectivity index (χ0n) is 14.1. The largest absolute Gasteiger partial charge is 0.394 e. The molecule has 1 unspecified atom stereocenters. The fraction of sp³-hybridized carbons (Fsp3) is 0.105. The smallest absolute Gasteiger partial charge is 0.263 e. The van der Waals surface area contributed by atoms with Crippen molar-refractivity contribution in [1.82, 2.24) is 19.7 Å². The maximum absolute atomic E-state index is 13.1. The lowest BCUT2D eigenvalue weighted by Crippen LogP contribution is -2.20. The molecule has 3 N–H and O–H groups in total.